The molecule has 0 saturated carbocycles. The van der Waals surface area contributed by atoms with Gasteiger partial charge in [0, 0.05) is 44.0 Å². The number of nitrogens with one attached hydrogen (secondary N) is 1. The van der Waals surface area contributed by atoms with E-state index in [0.29, 0.717) is 16.5 Å². The third-order valence-electron chi connectivity index (χ3n) is 5.83. The average Bonchev–Trinajstić information content (AvgIpc) is 3.36. The van der Waals surface area contributed by atoms with Crippen molar-refractivity contribution in [3.8, 4) is 11.3 Å². The number of rotatable bonds is 5. The minimum atomic E-state index is -0.390. The molecule has 1 aromatic carbocycles. The largest absolute Gasteiger partial charge is 0.369 e. The van der Waals surface area contributed by atoms with Crippen molar-refractivity contribution in [3.05, 3.63) is 53.2 Å². The summed E-state index contributed by atoms with van der Waals surface area (Å²) in [5, 5.41) is 6.53. The molecule has 2 fully saturated rings. The van der Waals surface area contributed by atoms with Crippen LogP contribution < -0.4 is 10.2 Å². The topological polar surface area (TPSA) is 82.8 Å². The Kier molecular flexibility index (Phi) is 5.90. The number of hydrogen-bond donors (Lipinski definition) is 1. The first-order valence-electron chi connectivity index (χ1n) is 11.1. The zero-order valence-electron chi connectivity index (χ0n) is 18.7. The average molecular weight is 463 g/mol. The minimum absolute atomic E-state index is 0.339. The van der Waals surface area contributed by atoms with Crippen LogP contribution in [0.2, 0.25) is 0 Å². The number of anilines is 1. The number of carbonyl (C=O) groups excluding carboxylic acids is 2. The summed E-state index contributed by atoms with van der Waals surface area (Å²) < 4.78 is 1.77. The number of imide groups is 1. The van der Waals surface area contributed by atoms with E-state index in [1.165, 1.54) is 5.69 Å². The van der Waals surface area contributed by atoms with Gasteiger partial charge in [0.1, 0.15) is 0 Å². The van der Waals surface area contributed by atoms with Crippen molar-refractivity contribution in [1.29, 1.82) is 0 Å². The van der Waals surface area contributed by atoms with E-state index in [1.54, 1.807) is 22.9 Å². The van der Waals surface area contributed by atoms with Gasteiger partial charge in [-0.05, 0) is 48.0 Å². The Labute approximate surface area is 196 Å². The van der Waals surface area contributed by atoms with Crippen molar-refractivity contribution < 1.29 is 9.59 Å². The maximum absolute atomic E-state index is 11.8. The number of amides is 2. The highest BCUT2D eigenvalue weighted by Crippen LogP contribution is 2.27. The van der Waals surface area contributed by atoms with E-state index >= 15 is 0 Å². The summed E-state index contributed by atoms with van der Waals surface area (Å²) in [6.07, 6.45) is 3.43. The number of thioether (sulfide) groups is 1. The van der Waals surface area contributed by atoms with Gasteiger partial charge in [-0.25, -0.2) is 9.50 Å². The predicted octanol–water partition coefficient (Wildman–Crippen LogP) is 3.50. The van der Waals surface area contributed by atoms with Gasteiger partial charge in [0.2, 0.25) is 0 Å². The Hall–Kier alpha value is -3.17. The fourth-order valence-electron chi connectivity index (χ4n) is 4.26. The van der Waals surface area contributed by atoms with E-state index in [1.807, 2.05) is 6.07 Å². The van der Waals surface area contributed by atoms with Gasteiger partial charge in [0.05, 0.1) is 22.5 Å². The van der Waals surface area contributed by atoms with E-state index in [-0.39, 0.29) is 5.24 Å². The molecular formula is C24H26N6O2S. The monoisotopic (exact) mass is 462 g/mol. The Morgan fingerprint density at radius 2 is 1.82 bits per heavy atom. The third kappa shape index (κ3) is 4.65. The molecule has 3 aromatic rings. The second kappa shape index (κ2) is 8.99. The lowest BCUT2D eigenvalue weighted by atomic mass is 10.1. The van der Waals surface area contributed by atoms with Crippen molar-refractivity contribution in [3.63, 3.8) is 0 Å². The molecule has 2 saturated heterocycles. The zero-order chi connectivity index (χ0) is 22.9. The second-order valence-corrected chi connectivity index (χ2v) is 9.77. The Morgan fingerprint density at radius 3 is 2.48 bits per heavy atom. The summed E-state index contributed by atoms with van der Waals surface area (Å²) >= 11 is 0.883. The molecule has 8 nitrogen and oxygen atoms in total. The van der Waals surface area contributed by atoms with Crippen LogP contribution in [0.5, 0.6) is 0 Å². The molecule has 9 heteroatoms. The van der Waals surface area contributed by atoms with Crippen LogP contribution in [0.25, 0.3) is 23.0 Å². The van der Waals surface area contributed by atoms with Crippen LogP contribution in [0.1, 0.15) is 19.5 Å². The van der Waals surface area contributed by atoms with Crippen molar-refractivity contribution in [2.24, 2.45) is 5.92 Å². The van der Waals surface area contributed by atoms with Crippen LogP contribution in [0.4, 0.5) is 10.5 Å². The molecule has 2 aliphatic heterocycles. The normalized spacial score (nSPS) is 18.6. The predicted molar refractivity (Wildman–Crippen MR) is 131 cm³/mol. The van der Waals surface area contributed by atoms with Gasteiger partial charge in [-0.15, -0.1) is 0 Å². The van der Waals surface area contributed by atoms with Crippen LogP contribution in [0, 0.1) is 5.92 Å². The van der Waals surface area contributed by atoms with E-state index < -0.39 is 5.91 Å². The molecule has 4 heterocycles. The van der Waals surface area contributed by atoms with E-state index in [9.17, 15) is 9.59 Å². The molecule has 2 aromatic heterocycles. The Balaban J connectivity index is 1.35. The molecule has 0 aliphatic carbocycles. The van der Waals surface area contributed by atoms with Crippen LogP contribution in [0.3, 0.4) is 0 Å². The van der Waals surface area contributed by atoms with Gasteiger partial charge in [-0.1, -0.05) is 26.0 Å². The summed E-state index contributed by atoms with van der Waals surface area (Å²) in [5.41, 5.74) is 4.43. The third-order valence-corrected chi connectivity index (χ3v) is 6.64. The Morgan fingerprint density at radius 1 is 1.06 bits per heavy atom. The van der Waals surface area contributed by atoms with Gasteiger partial charge < -0.3 is 4.90 Å². The Bertz CT molecular complexity index is 1230. The maximum atomic E-state index is 11.8. The van der Waals surface area contributed by atoms with Crippen LogP contribution in [0.15, 0.2) is 47.5 Å². The number of benzene rings is 1. The molecule has 0 unspecified atom stereocenters. The molecule has 5 rings (SSSR count). The second-order valence-electron chi connectivity index (χ2n) is 8.75. The molecule has 2 aliphatic rings. The summed E-state index contributed by atoms with van der Waals surface area (Å²) in [6.45, 7) is 9.96. The highest BCUT2D eigenvalue weighted by molar-refractivity contribution is 8.18. The molecular weight excluding hydrogens is 436 g/mol. The number of aromatic nitrogens is 3. The van der Waals surface area contributed by atoms with Gasteiger partial charge in [0.15, 0.2) is 5.65 Å². The van der Waals surface area contributed by atoms with Crippen LogP contribution in [-0.2, 0) is 4.79 Å². The smallest absolute Gasteiger partial charge is 0.290 e. The van der Waals surface area contributed by atoms with E-state index in [0.717, 1.165) is 61.4 Å². The number of fused-ring (bicyclic) bond motifs is 1. The number of imidazole rings is 1. The lowest BCUT2D eigenvalue weighted by molar-refractivity contribution is -0.115. The quantitative estimate of drug-likeness (QED) is 0.581. The first-order chi connectivity index (χ1) is 16.0. The van der Waals surface area contributed by atoms with Gasteiger partial charge in [-0.2, -0.15) is 5.10 Å². The van der Waals surface area contributed by atoms with E-state index in [2.05, 4.69) is 63.3 Å². The number of piperazine rings is 1. The molecule has 0 atom stereocenters. The van der Waals surface area contributed by atoms with Gasteiger partial charge in [0.25, 0.3) is 11.1 Å². The summed E-state index contributed by atoms with van der Waals surface area (Å²) in [7, 11) is 0. The maximum Gasteiger partial charge on any atom is 0.290 e. The number of hydrogen-bond acceptors (Lipinski definition) is 7. The highest BCUT2D eigenvalue weighted by atomic mass is 32.2. The SMILES string of the molecule is CC(C)CN1CCN(c2ccc(-c3cnc4ccc(/C=C5\SC(=O)NC5=O)nn34)cc2)CC1. The lowest BCUT2D eigenvalue weighted by Crippen LogP contribution is -2.47. The van der Waals surface area contributed by atoms with Crippen LogP contribution in [-0.4, -0.2) is 63.4 Å². The molecule has 33 heavy (non-hydrogen) atoms. The number of carbonyl (C=O) groups is 2. The van der Waals surface area contributed by atoms with Crippen LogP contribution >= 0.6 is 11.8 Å². The van der Waals surface area contributed by atoms with Crippen molar-refractivity contribution in [2.75, 3.05) is 37.6 Å². The summed E-state index contributed by atoms with van der Waals surface area (Å²) in [4.78, 5) is 33.0. The number of nitrogens with zero attached hydrogens (tertiary/aromatic N) is 5. The first kappa shape index (κ1) is 21.7. The highest BCUT2D eigenvalue weighted by Gasteiger charge is 2.25. The molecule has 170 valence electrons. The first-order valence-corrected chi connectivity index (χ1v) is 12.0. The standard InChI is InChI=1S/C24H26N6O2S/c1-16(2)15-28-9-11-29(12-10-28)19-6-3-17(4-7-19)20-14-25-22-8-5-18(27-30(20)22)13-21-23(31)26-24(32)33-21/h3-8,13-14,16H,9-12,15H2,1-2H3,(H,26,31,32)/b21-13-. The summed E-state index contributed by atoms with van der Waals surface area (Å²) in [6, 6.07) is 12.2. The molecule has 0 radical (unpaired) electrons. The fourth-order valence-corrected chi connectivity index (χ4v) is 4.93. The molecule has 0 bridgehead atoms. The lowest BCUT2D eigenvalue weighted by Gasteiger charge is -2.36. The molecule has 0 spiro atoms. The van der Waals surface area contributed by atoms with Crippen molar-refractivity contribution in [2.45, 2.75) is 13.8 Å². The summed E-state index contributed by atoms with van der Waals surface area (Å²) in [5.74, 6) is 0.307. The van der Waals surface area contributed by atoms with Gasteiger partial charge >= 0.3 is 0 Å². The van der Waals surface area contributed by atoms with E-state index in [4.69, 9.17) is 0 Å². The van der Waals surface area contributed by atoms with Gasteiger partial charge in [-0.3, -0.25) is 19.8 Å². The fraction of sp³-hybridized carbons (Fsp3) is 0.333. The van der Waals surface area contributed by atoms with Crippen molar-refractivity contribution >= 4 is 40.3 Å². The minimum Gasteiger partial charge on any atom is -0.369 e. The molecule has 1 N–H and O–H groups in total. The zero-order valence-corrected chi connectivity index (χ0v) is 19.5. The van der Waals surface area contributed by atoms with Crippen molar-refractivity contribution in [1.82, 2.24) is 24.8 Å². The molecule has 2 amide bonds.